The molecule has 0 spiro atoms. The Labute approximate surface area is 178 Å². The minimum Gasteiger partial charge on any atom is -0.316 e. The molecule has 162 valence electrons. The summed E-state index contributed by atoms with van der Waals surface area (Å²) in [5.74, 6) is 1.35. The number of amides is 2. The van der Waals surface area contributed by atoms with Gasteiger partial charge in [0, 0.05) is 30.7 Å². The van der Waals surface area contributed by atoms with E-state index < -0.39 is 16.1 Å². The van der Waals surface area contributed by atoms with Crippen LogP contribution in [0.4, 0.5) is 10.5 Å². The predicted octanol–water partition coefficient (Wildman–Crippen LogP) is 1.78. The molecule has 8 heteroatoms. The van der Waals surface area contributed by atoms with E-state index in [1.54, 1.807) is 6.08 Å². The molecule has 2 aliphatic heterocycles. The number of benzene rings is 1. The number of hydrogen-bond donors (Lipinski definition) is 3. The molecule has 2 aliphatic carbocycles. The van der Waals surface area contributed by atoms with Crippen molar-refractivity contribution < 1.29 is 13.2 Å². The molecule has 1 aromatic carbocycles. The molecule has 2 unspecified atom stereocenters. The normalized spacial score (nSPS) is 25.5. The molecule has 2 saturated heterocycles. The van der Waals surface area contributed by atoms with Gasteiger partial charge < -0.3 is 10.6 Å². The molecule has 2 amide bonds. The Bertz CT molecular complexity index is 944. The maximum Gasteiger partial charge on any atom is 0.333 e. The highest BCUT2D eigenvalue weighted by Crippen LogP contribution is 2.38. The molecule has 0 aromatic heterocycles. The Hall–Kier alpha value is -1.90. The monoisotopic (exact) mass is 430 g/mol. The largest absolute Gasteiger partial charge is 0.333 e. The average molecular weight is 431 g/mol. The number of urea groups is 1. The highest BCUT2D eigenvalue weighted by molar-refractivity contribution is 7.92. The molecule has 2 heterocycles. The Balaban J connectivity index is 1.20. The van der Waals surface area contributed by atoms with E-state index in [1.807, 2.05) is 0 Å². The number of anilines is 1. The van der Waals surface area contributed by atoms with Crippen LogP contribution in [-0.4, -0.2) is 52.1 Å². The van der Waals surface area contributed by atoms with Gasteiger partial charge in [-0.1, -0.05) is 12.1 Å². The summed E-state index contributed by atoms with van der Waals surface area (Å²) >= 11 is 0. The van der Waals surface area contributed by atoms with E-state index in [-0.39, 0.29) is 0 Å². The molecule has 0 radical (unpaired) electrons. The smallest absolute Gasteiger partial charge is 0.316 e. The summed E-state index contributed by atoms with van der Waals surface area (Å²) in [6.45, 7) is 4.70. The standard InChI is InChI=1S/C22H30N4O3S/c27-22(24-21-19-6-1-4-15(19)10-16-5-2-7-20(16)21)25-30(28,29)9-3-8-26-13-17-11-23-12-18(17)14-26/h3,9-10,17-18,23H,1-2,4-8,11-14H2,(H2,24,25,27)/b9-3+. The number of sulfonamides is 1. The number of nitrogens with one attached hydrogen (secondary N) is 3. The fourth-order valence-electron chi connectivity index (χ4n) is 5.69. The van der Waals surface area contributed by atoms with Gasteiger partial charge in [-0.05, 0) is 85.7 Å². The molecule has 2 fully saturated rings. The van der Waals surface area contributed by atoms with Crippen molar-refractivity contribution >= 4 is 21.7 Å². The van der Waals surface area contributed by atoms with Crippen LogP contribution in [-0.2, 0) is 35.7 Å². The van der Waals surface area contributed by atoms with E-state index in [0.29, 0.717) is 18.4 Å². The Morgan fingerprint density at radius 2 is 1.70 bits per heavy atom. The van der Waals surface area contributed by atoms with Gasteiger partial charge in [0.1, 0.15) is 0 Å². The first-order valence-corrected chi connectivity index (χ1v) is 12.6. The third-order valence-electron chi connectivity index (χ3n) is 7.05. The second-order valence-corrected chi connectivity index (χ2v) is 10.7. The summed E-state index contributed by atoms with van der Waals surface area (Å²) in [6.07, 6.45) is 7.77. The maximum absolute atomic E-state index is 12.5. The van der Waals surface area contributed by atoms with Gasteiger partial charge in [-0.2, -0.15) is 0 Å². The lowest BCUT2D eigenvalue weighted by molar-refractivity contribution is 0.256. The van der Waals surface area contributed by atoms with Crippen LogP contribution in [0, 0.1) is 11.8 Å². The minimum absolute atomic E-state index is 0.592. The lowest BCUT2D eigenvalue weighted by Gasteiger charge is -2.16. The van der Waals surface area contributed by atoms with Crippen LogP contribution in [0.5, 0.6) is 0 Å². The van der Waals surface area contributed by atoms with Gasteiger partial charge in [0.2, 0.25) is 0 Å². The van der Waals surface area contributed by atoms with E-state index in [0.717, 1.165) is 75.8 Å². The average Bonchev–Trinajstić information content (AvgIpc) is 3.44. The molecule has 30 heavy (non-hydrogen) atoms. The van der Waals surface area contributed by atoms with Crippen LogP contribution >= 0.6 is 0 Å². The molecule has 7 nitrogen and oxygen atoms in total. The maximum atomic E-state index is 12.5. The van der Waals surface area contributed by atoms with Crippen LogP contribution in [0.3, 0.4) is 0 Å². The number of aryl methyl sites for hydroxylation is 2. The Morgan fingerprint density at radius 1 is 1.07 bits per heavy atom. The first-order chi connectivity index (χ1) is 14.5. The van der Waals surface area contributed by atoms with E-state index in [2.05, 4.69) is 26.3 Å². The summed E-state index contributed by atoms with van der Waals surface area (Å²) in [7, 11) is -3.82. The van der Waals surface area contributed by atoms with Crippen LogP contribution in [0.1, 0.15) is 35.1 Å². The topological polar surface area (TPSA) is 90.5 Å². The van der Waals surface area contributed by atoms with Gasteiger partial charge in [0.05, 0.1) is 0 Å². The van der Waals surface area contributed by atoms with Crippen molar-refractivity contribution in [2.75, 3.05) is 38.0 Å². The molecule has 3 N–H and O–H groups in total. The first-order valence-electron chi connectivity index (χ1n) is 11.1. The first kappa shape index (κ1) is 20.0. The van der Waals surface area contributed by atoms with Crippen molar-refractivity contribution in [3.8, 4) is 0 Å². The number of hydrogen-bond acceptors (Lipinski definition) is 5. The highest BCUT2D eigenvalue weighted by atomic mass is 32.2. The third kappa shape index (κ3) is 4.00. The third-order valence-corrected chi connectivity index (χ3v) is 8.07. The number of likely N-dealkylation sites (tertiary alicyclic amines) is 1. The van der Waals surface area contributed by atoms with Gasteiger partial charge >= 0.3 is 6.03 Å². The predicted molar refractivity (Wildman–Crippen MR) is 117 cm³/mol. The molecule has 5 rings (SSSR count). The molecular weight excluding hydrogens is 400 g/mol. The van der Waals surface area contributed by atoms with Crippen LogP contribution < -0.4 is 15.4 Å². The van der Waals surface area contributed by atoms with Crippen LogP contribution in [0.25, 0.3) is 0 Å². The fourth-order valence-corrected chi connectivity index (χ4v) is 6.41. The lowest BCUT2D eigenvalue weighted by Crippen LogP contribution is -2.34. The van der Waals surface area contributed by atoms with E-state index >= 15 is 0 Å². The van der Waals surface area contributed by atoms with Crippen molar-refractivity contribution in [1.82, 2.24) is 14.9 Å². The molecular formula is C22H30N4O3S. The van der Waals surface area contributed by atoms with Crippen LogP contribution in [0.15, 0.2) is 17.6 Å². The number of nitrogens with zero attached hydrogens (tertiary/aromatic N) is 1. The summed E-state index contributed by atoms with van der Waals surface area (Å²) in [6, 6.07) is 1.62. The van der Waals surface area contributed by atoms with E-state index in [9.17, 15) is 13.2 Å². The summed E-state index contributed by atoms with van der Waals surface area (Å²) in [4.78, 5) is 14.8. The number of rotatable bonds is 5. The van der Waals surface area contributed by atoms with Crippen molar-refractivity contribution in [3.63, 3.8) is 0 Å². The Kier molecular flexibility index (Phi) is 5.33. The Morgan fingerprint density at radius 3 is 2.33 bits per heavy atom. The zero-order chi connectivity index (χ0) is 20.7. The van der Waals surface area contributed by atoms with Gasteiger partial charge in [-0.15, -0.1) is 0 Å². The lowest BCUT2D eigenvalue weighted by atomic mass is 9.99. The second-order valence-electron chi connectivity index (χ2n) is 9.10. The quantitative estimate of drug-likeness (QED) is 0.663. The molecule has 4 aliphatic rings. The fraction of sp³-hybridized carbons (Fsp3) is 0.591. The zero-order valence-corrected chi connectivity index (χ0v) is 18.1. The second kappa shape index (κ2) is 7.98. The summed E-state index contributed by atoms with van der Waals surface area (Å²) in [5, 5.41) is 7.40. The minimum atomic E-state index is -3.82. The molecule has 2 atom stereocenters. The van der Waals surface area contributed by atoms with Crippen molar-refractivity contribution in [2.45, 2.75) is 38.5 Å². The van der Waals surface area contributed by atoms with Gasteiger partial charge in [-0.25, -0.2) is 17.9 Å². The summed E-state index contributed by atoms with van der Waals surface area (Å²) < 4.78 is 26.9. The number of carbonyl (C=O) groups excluding carboxylic acids is 1. The number of carbonyl (C=O) groups is 1. The number of fused-ring (bicyclic) bond motifs is 3. The van der Waals surface area contributed by atoms with Crippen molar-refractivity contribution in [3.05, 3.63) is 39.8 Å². The van der Waals surface area contributed by atoms with E-state index in [1.165, 1.54) is 22.3 Å². The highest BCUT2D eigenvalue weighted by Gasteiger charge is 2.35. The summed E-state index contributed by atoms with van der Waals surface area (Å²) in [5.41, 5.74) is 5.84. The van der Waals surface area contributed by atoms with E-state index in [4.69, 9.17) is 0 Å². The van der Waals surface area contributed by atoms with Gasteiger partial charge in [0.25, 0.3) is 10.0 Å². The molecule has 1 aromatic rings. The molecule has 0 bridgehead atoms. The van der Waals surface area contributed by atoms with Gasteiger partial charge in [-0.3, -0.25) is 4.90 Å². The van der Waals surface area contributed by atoms with Crippen molar-refractivity contribution in [2.24, 2.45) is 11.8 Å². The molecule has 0 saturated carbocycles. The van der Waals surface area contributed by atoms with Crippen molar-refractivity contribution in [1.29, 1.82) is 0 Å². The SMILES string of the molecule is O=C(Nc1c2c(cc3c1CCC3)CCC2)NS(=O)(=O)/C=C/CN1CC2CNCC2C1. The van der Waals surface area contributed by atoms with Crippen LogP contribution in [0.2, 0.25) is 0 Å². The van der Waals surface area contributed by atoms with Gasteiger partial charge in [0.15, 0.2) is 0 Å². The zero-order valence-electron chi connectivity index (χ0n) is 17.2.